The molecule has 4 heteroatoms. The molecule has 13 heavy (non-hydrogen) atoms. The molecule has 0 bridgehead atoms. The number of aromatic hydroxyl groups is 1. The van der Waals surface area contributed by atoms with Gasteiger partial charge >= 0.3 is 0 Å². The third-order valence-electron chi connectivity index (χ3n) is 1.78. The molecule has 1 aliphatic heterocycles. The first kappa shape index (κ1) is 8.04. The lowest BCUT2D eigenvalue weighted by Crippen LogP contribution is -2.01. The molecule has 0 aliphatic carbocycles. The quantitative estimate of drug-likeness (QED) is 0.709. The van der Waals surface area contributed by atoms with Crippen LogP contribution in [0, 0.1) is 5.82 Å². The van der Waals surface area contributed by atoms with Crippen LogP contribution in [0.5, 0.6) is 5.75 Å². The predicted molar refractivity (Wildman–Crippen MR) is 45.4 cm³/mol. The van der Waals surface area contributed by atoms with Crippen molar-refractivity contribution in [2.45, 2.75) is 0 Å². The Hall–Kier alpha value is -1.58. The van der Waals surface area contributed by atoms with Crippen molar-refractivity contribution >= 4 is 5.90 Å². The molecule has 1 heterocycles. The van der Waals surface area contributed by atoms with Crippen molar-refractivity contribution < 1.29 is 14.2 Å². The van der Waals surface area contributed by atoms with E-state index in [2.05, 4.69) is 4.99 Å². The molecule has 0 spiro atoms. The van der Waals surface area contributed by atoms with Gasteiger partial charge in [-0.3, -0.25) is 0 Å². The Morgan fingerprint density at radius 1 is 1.46 bits per heavy atom. The van der Waals surface area contributed by atoms with Crippen molar-refractivity contribution in [3.63, 3.8) is 0 Å². The maximum atomic E-state index is 12.9. The van der Waals surface area contributed by atoms with Gasteiger partial charge < -0.3 is 9.84 Å². The minimum atomic E-state index is -0.657. The van der Waals surface area contributed by atoms with Gasteiger partial charge in [-0.25, -0.2) is 9.38 Å². The van der Waals surface area contributed by atoms with E-state index in [1.54, 1.807) is 6.07 Å². The summed E-state index contributed by atoms with van der Waals surface area (Å²) in [6.45, 7) is 1.15. The van der Waals surface area contributed by atoms with Crippen LogP contribution < -0.4 is 0 Å². The van der Waals surface area contributed by atoms with Crippen molar-refractivity contribution in [3.8, 4) is 5.75 Å². The third-order valence-corrected chi connectivity index (χ3v) is 1.78. The van der Waals surface area contributed by atoms with E-state index >= 15 is 0 Å². The van der Waals surface area contributed by atoms with Gasteiger partial charge in [0.05, 0.1) is 6.54 Å². The monoisotopic (exact) mass is 181 g/mol. The lowest BCUT2D eigenvalue weighted by atomic mass is 10.2. The Kier molecular flexibility index (Phi) is 1.88. The van der Waals surface area contributed by atoms with Crippen LogP contribution in [0.1, 0.15) is 5.56 Å². The fraction of sp³-hybridized carbons (Fsp3) is 0.222. The summed E-state index contributed by atoms with van der Waals surface area (Å²) in [6.07, 6.45) is 0. The number of rotatable bonds is 1. The number of nitrogens with zero attached hydrogens (tertiary/aromatic N) is 1. The number of phenolic OH excluding ortho intramolecular Hbond substituents is 1. The summed E-state index contributed by atoms with van der Waals surface area (Å²) >= 11 is 0. The number of hydrogen-bond donors (Lipinski definition) is 1. The molecule has 0 aromatic heterocycles. The van der Waals surface area contributed by atoms with E-state index < -0.39 is 5.82 Å². The van der Waals surface area contributed by atoms with Gasteiger partial charge in [-0.1, -0.05) is 0 Å². The SMILES string of the molecule is Oc1ccc(C2=NCCO2)cc1F. The number of benzene rings is 1. The highest BCUT2D eigenvalue weighted by molar-refractivity contribution is 5.95. The second-order valence-corrected chi connectivity index (χ2v) is 2.70. The number of halogens is 1. The van der Waals surface area contributed by atoms with Gasteiger partial charge in [-0.05, 0) is 18.2 Å². The molecule has 3 nitrogen and oxygen atoms in total. The van der Waals surface area contributed by atoms with Gasteiger partial charge in [0.25, 0.3) is 0 Å². The van der Waals surface area contributed by atoms with Crippen LogP contribution in [0.25, 0.3) is 0 Å². The minimum Gasteiger partial charge on any atom is -0.505 e. The van der Waals surface area contributed by atoms with E-state index in [1.807, 2.05) is 0 Å². The maximum Gasteiger partial charge on any atom is 0.216 e. The molecule has 0 atom stereocenters. The van der Waals surface area contributed by atoms with Gasteiger partial charge in [0.15, 0.2) is 11.6 Å². The molecule has 1 N–H and O–H groups in total. The smallest absolute Gasteiger partial charge is 0.216 e. The largest absolute Gasteiger partial charge is 0.505 e. The van der Waals surface area contributed by atoms with Crippen LogP contribution in [-0.2, 0) is 4.74 Å². The molecular weight excluding hydrogens is 173 g/mol. The maximum absolute atomic E-state index is 12.9. The molecular formula is C9H8FNO2. The first-order valence-corrected chi connectivity index (χ1v) is 3.93. The standard InChI is InChI=1S/C9H8FNO2/c10-7-5-6(1-2-8(7)12)9-11-3-4-13-9/h1-2,5,12H,3-4H2. The van der Waals surface area contributed by atoms with Crippen LogP contribution in [0.4, 0.5) is 4.39 Å². The normalized spacial score (nSPS) is 15.3. The number of aliphatic imine (C=N–C) groups is 1. The van der Waals surface area contributed by atoms with E-state index in [0.29, 0.717) is 24.6 Å². The highest BCUT2D eigenvalue weighted by atomic mass is 19.1. The molecule has 0 amide bonds. The first-order valence-electron chi connectivity index (χ1n) is 3.93. The van der Waals surface area contributed by atoms with E-state index in [4.69, 9.17) is 9.84 Å². The lowest BCUT2D eigenvalue weighted by Gasteiger charge is -2.01. The third kappa shape index (κ3) is 1.47. The topological polar surface area (TPSA) is 41.8 Å². The highest BCUT2D eigenvalue weighted by Gasteiger charge is 2.11. The second-order valence-electron chi connectivity index (χ2n) is 2.70. The van der Waals surface area contributed by atoms with Crippen LogP contribution in [0.2, 0.25) is 0 Å². The summed E-state index contributed by atoms with van der Waals surface area (Å²) < 4.78 is 18.0. The van der Waals surface area contributed by atoms with Crippen LogP contribution in [0.15, 0.2) is 23.2 Å². The van der Waals surface area contributed by atoms with Crippen molar-refractivity contribution in [1.29, 1.82) is 0 Å². The van der Waals surface area contributed by atoms with Gasteiger partial charge in [0.1, 0.15) is 6.61 Å². The Bertz CT molecular complexity index is 363. The van der Waals surface area contributed by atoms with Gasteiger partial charge in [0.2, 0.25) is 5.90 Å². The summed E-state index contributed by atoms with van der Waals surface area (Å²) in [5.41, 5.74) is 0.563. The Morgan fingerprint density at radius 3 is 2.92 bits per heavy atom. The molecule has 0 unspecified atom stereocenters. The van der Waals surface area contributed by atoms with Crippen LogP contribution in [0.3, 0.4) is 0 Å². The molecule has 0 radical (unpaired) electrons. The predicted octanol–water partition coefficient (Wildman–Crippen LogP) is 1.31. The molecule has 68 valence electrons. The molecule has 2 rings (SSSR count). The number of hydrogen-bond acceptors (Lipinski definition) is 3. The summed E-state index contributed by atoms with van der Waals surface area (Å²) in [5, 5.41) is 8.93. The lowest BCUT2D eigenvalue weighted by molar-refractivity contribution is 0.348. The van der Waals surface area contributed by atoms with Crippen LogP contribution >= 0.6 is 0 Å². The minimum absolute atomic E-state index is 0.359. The van der Waals surface area contributed by atoms with Gasteiger partial charge in [0, 0.05) is 5.56 Å². The Labute approximate surface area is 74.5 Å². The van der Waals surface area contributed by atoms with E-state index in [1.165, 1.54) is 12.1 Å². The summed E-state index contributed by atoms with van der Waals surface area (Å²) in [7, 11) is 0. The Balaban J connectivity index is 2.36. The van der Waals surface area contributed by atoms with Gasteiger partial charge in [-0.2, -0.15) is 0 Å². The number of ether oxygens (including phenoxy) is 1. The summed E-state index contributed by atoms with van der Waals surface area (Å²) in [4.78, 5) is 4.02. The highest BCUT2D eigenvalue weighted by Crippen LogP contribution is 2.17. The zero-order valence-corrected chi connectivity index (χ0v) is 6.83. The first-order chi connectivity index (χ1) is 6.27. The van der Waals surface area contributed by atoms with E-state index in [-0.39, 0.29) is 5.75 Å². The van der Waals surface area contributed by atoms with Crippen LogP contribution in [-0.4, -0.2) is 24.2 Å². The molecule has 0 fully saturated rings. The van der Waals surface area contributed by atoms with Gasteiger partial charge in [-0.15, -0.1) is 0 Å². The Morgan fingerprint density at radius 2 is 2.31 bits per heavy atom. The summed E-state index contributed by atoms with van der Waals surface area (Å²) in [6, 6.07) is 4.07. The second kappa shape index (κ2) is 3.05. The molecule has 1 aliphatic rings. The van der Waals surface area contributed by atoms with Crippen molar-refractivity contribution in [2.75, 3.05) is 13.2 Å². The fourth-order valence-corrected chi connectivity index (χ4v) is 1.15. The average Bonchev–Trinajstić information content (AvgIpc) is 2.62. The van der Waals surface area contributed by atoms with Crippen molar-refractivity contribution in [2.24, 2.45) is 4.99 Å². The van der Waals surface area contributed by atoms with E-state index in [0.717, 1.165) is 0 Å². The summed E-state index contributed by atoms with van der Waals surface area (Å²) in [5.74, 6) is -0.572. The molecule has 0 saturated heterocycles. The zero-order valence-electron chi connectivity index (χ0n) is 6.83. The zero-order chi connectivity index (χ0) is 9.26. The molecule has 1 aromatic carbocycles. The van der Waals surface area contributed by atoms with Crippen molar-refractivity contribution in [1.82, 2.24) is 0 Å². The molecule has 0 saturated carbocycles. The fourth-order valence-electron chi connectivity index (χ4n) is 1.15. The molecule has 1 aromatic rings. The van der Waals surface area contributed by atoms with Crippen molar-refractivity contribution in [3.05, 3.63) is 29.6 Å². The number of phenols is 1. The average molecular weight is 181 g/mol. The van der Waals surface area contributed by atoms with E-state index in [9.17, 15) is 4.39 Å².